The van der Waals surface area contributed by atoms with Crippen molar-refractivity contribution in [1.82, 2.24) is 0 Å². The minimum absolute atomic E-state index is 0.701. The lowest BCUT2D eigenvalue weighted by Gasteiger charge is -2.14. The molecule has 0 saturated carbocycles. The third kappa shape index (κ3) is 2.72. The standard InChI is InChI=1S/C32H21P/c1-4-12-23(13-5-1)31-29-26-20-10-16-22-17-11-21-27(28(22)26)30(29)32(24-14-6-2-7-15-24)33(31)25-18-8-3-9-19-25/h1-21H. The lowest BCUT2D eigenvalue weighted by atomic mass is 9.99. The molecule has 0 atom stereocenters. The minimum atomic E-state index is -0.701. The molecule has 1 heterocycles. The molecule has 0 bridgehead atoms. The second kappa shape index (κ2) is 7.34. The van der Waals surface area contributed by atoms with Crippen molar-refractivity contribution in [1.29, 1.82) is 0 Å². The smallest absolute Gasteiger partial charge is 0.0147 e. The number of hydrogen-bond acceptors (Lipinski definition) is 0. The van der Waals surface area contributed by atoms with Gasteiger partial charge in [0.2, 0.25) is 0 Å². The van der Waals surface area contributed by atoms with Crippen LogP contribution in [0.4, 0.5) is 0 Å². The predicted octanol–water partition coefficient (Wildman–Crippen LogP) is 9.80. The maximum Gasteiger partial charge on any atom is 0.0147 e. The number of rotatable bonds is 3. The van der Waals surface area contributed by atoms with Crippen LogP contribution in [0.2, 0.25) is 0 Å². The molecule has 0 aliphatic heterocycles. The molecule has 6 aromatic rings. The van der Waals surface area contributed by atoms with Crippen molar-refractivity contribution in [3.8, 4) is 49.3 Å². The molecule has 1 aromatic heterocycles. The SMILES string of the molecule is c1ccc(-c2c3c(c(-c4ccccc4)p2-c2ccccc2)-c2cccc4cccc-3c24)cc1. The number of fused-ring (bicyclic) bond motifs is 3. The van der Waals surface area contributed by atoms with Crippen LogP contribution in [-0.2, 0) is 0 Å². The predicted molar refractivity (Wildman–Crippen MR) is 143 cm³/mol. The van der Waals surface area contributed by atoms with Gasteiger partial charge >= 0.3 is 0 Å². The third-order valence-electron chi connectivity index (χ3n) is 6.72. The van der Waals surface area contributed by atoms with Crippen molar-refractivity contribution >= 4 is 18.3 Å². The van der Waals surface area contributed by atoms with Crippen molar-refractivity contribution in [2.75, 3.05) is 0 Å². The van der Waals surface area contributed by atoms with Crippen molar-refractivity contribution in [3.05, 3.63) is 127 Å². The molecule has 0 spiro atoms. The second-order valence-electron chi connectivity index (χ2n) is 8.56. The highest BCUT2D eigenvalue weighted by Crippen LogP contribution is 2.68. The van der Waals surface area contributed by atoms with Crippen LogP contribution in [0.25, 0.3) is 60.0 Å². The van der Waals surface area contributed by atoms with E-state index in [0.717, 1.165) is 0 Å². The maximum atomic E-state index is 2.32. The van der Waals surface area contributed by atoms with Gasteiger partial charge in [-0.1, -0.05) is 135 Å². The van der Waals surface area contributed by atoms with Gasteiger partial charge in [-0.15, -0.1) is 0 Å². The van der Waals surface area contributed by atoms with E-state index < -0.39 is 7.53 Å². The van der Waals surface area contributed by atoms with Crippen LogP contribution in [-0.4, -0.2) is 0 Å². The van der Waals surface area contributed by atoms with E-state index in [4.69, 9.17) is 0 Å². The molecule has 1 heteroatoms. The van der Waals surface area contributed by atoms with Crippen LogP contribution in [0.5, 0.6) is 0 Å². The van der Waals surface area contributed by atoms with Crippen LogP contribution in [0.1, 0.15) is 0 Å². The summed E-state index contributed by atoms with van der Waals surface area (Å²) in [6, 6.07) is 46.7. The first-order valence-corrected chi connectivity index (χ1v) is 12.7. The van der Waals surface area contributed by atoms with Gasteiger partial charge in [0.1, 0.15) is 0 Å². The van der Waals surface area contributed by atoms with Crippen LogP contribution >= 0.6 is 7.53 Å². The molecule has 0 N–H and O–H groups in total. The summed E-state index contributed by atoms with van der Waals surface area (Å²) in [6.45, 7) is 0. The highest BCUT2D eigenvalue weighted by atomic mass is 31.1. The molecule has 1 aliphatic rings. The lowest BCUT2D eigenvalue weighted by molar-refractivity contribution is 1.69. The van der Waals surface area contributed by atoms with Crippen LogP contribution < -0.4 is 0 Å². The zero-order valence-corrected chi connectivity index (χ0v) is 19.0. The van der Waals surface area contributed by atoms with Gasteiger partial charge in [-0.05, 0) is 38.3 Å². The van der Waals surface area contributed by atoms with Gasteiger partial charge in [0.25, 0.3) is 0 Å². The highest BCUT2D eigenvalue weighted by molar-refractivity contribution is 7.64. The molecular weight excluding hydrogens is 415 g/mol. The highest BCUT2D eigenvalue weighted by Gasteiger charge is 2.33. The maximum absolute atomic E-state index is 2.32. The Hall–Kier alpha value is -3.86. The summed E-state index contributed by atoms with van der Waals surface area (Å²) in [5.74, 6) is 0. The minimum Gasteiger partial charge on any atom is -0.0760 e. The number of hydrogen-bond donors (Lipinski definition) is 0. The molecule has 0 amide bonds. The molecular formula is C32H21P. The molecule has 0 nitrogen and oxygen atoms in total. The topological polar surface area (TPSA) is 0 Å². The average molecular weight is 436 g/mol. The quantitative estimate of drug-likeness (QED) is 0.258. The Morgan fingerprint density at radius 2 is 0.848 bits per heavy atom. The van der Waals surface area contributed by atoms with E-state index in [0.29, 0.717) is 0 Å². The Labute approximate surface area is 194 Å². The fraction of sp³-hybridized carbons (Fsp3) is 0. The Bertz CT molecular complexity index is 1530. The summed E-state index contributed by atoms with van der Waals surface area (Å²) in [4.78, 5) is 0. The molecule has 7 rings (SSSR count). The normalized spacial score (nSPS) is 11.6. The summed E-state index contributed by atoms with van der Waals surface area (Å²) in [6.07, 6.45) is 0. The van der Waals surface area contributed by atoms with Crippen molar-refractivity contribution in [2.45, 2.75) is 0 Å². The van der Waals surface area contributed by atoms with Crippen molar-refractivity contribution in [2.24, 2.45) is 0 Å². The van der Waals surface area contributed by atoms with E-state index in [1.165, 1.54) is 60.0 Å². The van der Waals surface area contributed by atoms with Gasteiger partial charge in [-0.3, -0.25) is 0 Å². The molecule has 0 saturated heterocycles. The van der Waals surface area contributed by atoms with Crippen LogP contribution in [0.3, 0.4) is 0 Å². The Morgan fingerprint density at radius 3 is 1.33 bits per heavy atom. The Kier molecular flexibility index (Phi) is 4.16. The second-order valence-corrected chi connectivity index (χ2v) is 10.6. The fourth-order valence-electron chi connectivity index (χ4n) is 5.43. The van der Waals surface area contributed by atoms with Crippen molar-refractivity contribution < 1.29 is 0 Å². The average Bonchev–Trinajstić information content (AvgIpc) is 3.41. The zero-order valence-electron chi connectivity index (χ0n) is 18.1. The molecule has 33 heavy (non-hydrogen) atoms. The summed E-state index contributed by atoms with van der Waals surface area (Å²) in [5, 5.41) is 7.09. The number of benzene rings is 5. The first-order valence-electron chi connectivity index (χ1n) is 11.4. The van der Waals surface area contributed by atoms with E-state index in [2.05, 4.69) is 127 Å². The van der Waals surface area contributed by atoms with Gasteiger partial charge in [0, 0.05) is 21.7 Å². The van der Waals surface area contributed by atoms with E-state index >= 15 is 0 Å². The molecule has 5 aromatic carbocycles. The van der Waals surface area contributed by atoms with E-state index in [-0.39, 0.29) is 0 Å². The van der Waals surface area contributed by atoms with E-state index in [1.54, 1.807) is 0 Å². The molecule has 0 radical (unpaired) electrons. The van der Waals surface area contributed by atoms with Gasteiger partial charge < -0.3 is 0 Å². The van der Waals surface area contributed by atoms with Gasteiger partial charge in [0.05, 0.1) is 0 Å². The Balaban J connectivity index is 1.72. The monoisotopic (exact) mass is 436 g/mol. The Morgan fingerprint density at radius 1 is 0.394 bits per heavy atom. The summed E-state index contributed by atoms with van der Waals surface area (Å²) < 4.78 is 0. The van der Waals surface area contributed by atoms with E-state index in [1.807, 2.05) is 0 Å². The summed E-state index contributed by atoms with van der Waals surface area (Å²) >= 11 is 0. The summed E-state index contributed by atoms with van der Waals surface area (Å²) in [7, 11) is -0.701. The first-order chi connectivity index (χ1) is 16.4. The molecule has 1 aliphatic carbocycles. The largest absolute Gasteiger partial charge is 0.0760 e. The molecule has 0 unspecified atom stereocenters. The van der Waals surface area contributed by atoms with Gasteiger partial charge in [-0.25, -0.2) is 0 Å². The zero-order chi connectivity index (χ0) is 21.8. The lowest BCUT2D eigenvalue weighted by Crippen LogP contribution is -1.81. The third-order valence-corrected chi connectivity index (χ3v) is 9.40. The van der Waals surface area contributed by atoms with Crippen LogP contribution in [0.15, 0.2) is 127 Å². The van der Waals surface area contributed by atoms with Gasteiger partial charge in [-0.2, -0.15) is 0 Å². The van der Waals surface area contributed by atoms with Crippen molar-refractivity contribution in [3.63, 3.8) is 0 Å². The summed E-state index contributed by atoms with van der Waals surface area (Å²) in [5.41, 5.74) is 8.28. The van der Waals surface area contributed by atoms with E-state index in [9.17, 15) is 0 Å². The van der Waals surface area contributed by atoms with Gasteiger partial charge in [0.15, 0.2) is 0 Å². The fourth-order valence-corrected chi connectivity index (χ4v) is 8.37. The molecule has 0 fully saturated rings. The molecule has 154 valence electrons. The van der Waals surface area contributed by atoms with Crippen LogP contribution in [0, 0.1) is 0 Å². The first kappa shape index (κ1) is 18.7.